The minimum atomic E-state index is -0.142. The number of benzene rings is 1. The summed E-state index contributed by atoms with van der Waals surface area (Å²) < 4.78 is 13.0. The third kappa shape index (κ3) is 8.21. The fourth-order valence-corrected chi connectivity index (χ4v) is 2.79. The Balaban J connectivity index is 2.31. The Morgan fingerprint density at radius 3 is 2.14 bits per heavy atom. The molecule has 21 heavy (non-hydrogen) atoms. The van der Waals surface area contributed by atoms with Gasteiger partial charge < -0.3 is 5.32 Å². The van der Waals surface area contributed by atoms with Gasteiger partial charge in [0.1, 0.15) is 5.82 Å². The second-order valence-electron chi connectivity index (χ2n) is 5.97. The van der Waals surface area contributed by atoms with E-state index in [4.69, 9.17) is 0 Å². The molecule has 1 rings (SSSR count). The molecule has 0 bridgehead atoms. The van der Waals surface area contributed by atoms with Crippen LogP contribution in [0.25, 0.3) is 0 Å². The molecule has 1 nitrogen and oxygen atoms in total. The van der Waals surface area contributed by atoms with Crippen molar-refractivity contribution >= 4 is 0 Å². The Bertz CT molecular complexity index is 347. The smallest absolute Gasteiger partial charge is 0.123 e. The van der Waals surface area contributed by atoms with Crippen molar-refractivity contribution in [2.24, 2.45) is 0 Å². The lowest BCUT2D eigenvalue weighted by molar-refractivity contribution is 0.509. The third-order valence-electron chi connectivity index (χ3n) is 4.14. The van der Waals surface area contributed by atoms with E-state index in [-0.39, 0.29) is 5.82 Å². The number of halogens is 1. The maximum atomic E-state index is 13.0. The molecule has 0 radical (unpaired) electrons. The van der Waals surface area contributed by atoms with Crippen molar-refractivity contribution in [3.8, 4) is 0 Å². The van der Waals surface area contributed by atoms with Crippen molar-refractivity contribution < 1.29 is 4.39 Å². The second-order valence-corrected chi connectivity index (χ2v) is 5.97. The number of likely N-dealkylation sites (N-methyl/N-ethyl adjacent to an activating group) is 1. The van der Waals surface area contributed by atoms with Crippen molar-refractivity contribution in [2.75, 3.05) is 13.1 Å². The molecule has 0 spiro atoms. The average Bonchev–Trinajstić information content (AvgIpc) is 2.50. The van der Waals surface area contributed by atoms with E-state index in [0.717, 1.165) is 13.1 Å². The average molecular weight is 293 g/mol. The summed E-state index contributed by atoms with van der Waals surface area (Å²) in [4.78, 5) is 0. The van der Waals surface area contributed by atoms with Gasteiger partial charge in [-0.3, -0.25) is 0 Å². The number of unbranched alkanes of at least 4 members (excludes halogenated alkanes) is 6. The zero-order valence-electron chi connectivity index (χ0n) is 13.8. The van der Waals surface area contributed by atoms with Gasteiger partial charge in [0.2, 0.25) is 0 Å². The van der Waals surface area contributed by atoms with Gasteiger partial charge in [-0.25, -0.2) is 4.39 Å². The molecule has 0 aromatic heterocycles. The van der Waals surface area contributed by atoms with E-state index in [0.29, 0.717) is 5.92 Å². The molecule has 1 aromatic carbocycles. The van der Waals surface area contributed by atoms with Crippen LogP contribution in [0.2, 0.25) is 0 Å². The van der Waals surface area contributed by atoms with Crippen LogP contribution >= 0.6 is 0 Å². The summed E-state index contributed by atoms with van der Waals surface area (Å²) in [6.07, 6.45) is 10.6. The molecule has 0 aliphatic heterocycles. The van der Waals surface area contributed by atoms with Crippen LogP contribution in [0.5, 0.6) is 0 Å². The van der Waals surface area contributed by atoms with Crippen LogP contribution in [0.4, 0.5) is 4.39 Å². The number of hydrogen-bond acceptors (Lipinski definition) is 1. The van der Waals surface area contributed by atoms with E-state index in [1.54, 1.807) is 12.1 Å². The SMILES string of the molecule is CCCCCCCCCC(CNCC)c1ccc(F)cc1. The lowest BCUT2D eigenvalue weighted by Gasteiger charge is -2.18. The summed E-state index contributed by atoms with van der Waals surface area (Å²) in [5.41, 5.74) is 1.27. The van der Waals surface area contributed by atoms with Gasteiger partial charge in [0, 0.05) is 6.54 Å². The Morgan fingerprint density at radius 1 is 0.905 bits per heavy atom. The third-order valence-corrected chi connectivity index (χ3v) is 4.14. The van der Waals surface area contributed by atoms with Crippen LogP contribution in [0.3, 0.4) is 0 Å². The predicted octanol–water partition coefficient (Wildman–Crippen LogP) is 5.66. The maximum absolute atomic E-state index is 13.0. The van der Waals surface area contributed by atoms with Crippen molar-refractivity contribution in [2.45, 2.75) is 71.1 Å². The molecule has 0 aliphatic carbocycles. The van der Waals surface area contributed by atoms with Gasteiger partial charge in [-0.1, -0.05) is 70.9 Å². The summed E-state index contributed by atoms with van der Waals surface area (Å²) >= 11 is 0. The second kappa shape index (κ2) is 11.7. The largest absolute Gasteiger partial charge is 0.316 e. The first-order chi connectivity index (χ1) is 10.3. The Morgan fingerprint density at radius 2 is 1.52 bits per heavy atom. The molecule has 1 aromatic rings. The highest BCUT2D eigenvalue weighted by Crippen LogP contribution is 2.23. The van der Waals surface area contributed by atoms with E-state index in [1.165, 1.54) is 56.9 Å². The van der Waals surface area contributed by atoms with Crippen molar-refractivity contribution in [3.05, 3.63) is 35.6 Å². The first-order valence-electron chi connectivity index (χ1n) is 8.74. The molecule has 120 valence electrons. The van der Waals surface area contributed by atoms with Crippen molar-refractivity contribution in [1.29, 1.82) is 0 Å². The molecule has 0 saturated heterocycles. The maximum Gasteiger partial charge on any atom is 0.123 e. The zero-order valence-corrected chi connectivity index (χ0v) is 13.8. The molecule has 0 heterocycles. The van der Waals surface area contributed by atoms with Gasteiger partial charge in [-0.2, -0.15) is 0 Å². The monoisotopic (exact) mass is 293 g/mol. The van der Waals surface area contributed by atoms with Gasteiger partial charge in [0.25, 0.3) is 0 Å². The van der Waals surface area contributed by atoms with Crippen molar-refractivity contribution in [3.63, 3.8) is 0 Å². The van der Waals surface area contributed by atoms with Crippen LogP contribution in [-0.4, -0.2) is 13.1 Å². The molecule has 0 saturated carbocycles. The van der Waals surface area contributed by atoms with Crippen LogP contribution in [-0.2, 0) is 0 Å². The zero-order chi connectivity index (χ0) is 15.3. The minimum Gasteiger partial charge on any atom is -0.316 e. The predicted molar refractivity (Wildman–Crippen MR) is 90.3 cm³/mol. The molecule has 1 unspecified atom stereocenters. The number of rotatable bonds is 12. The normalized spacial score (nSPS) is 12.5. The summed E-state index contributed by atoms with van der Waals surface area (Å²) in [5.74, 6) is 0.373. The summed E-state index contributed by atoms with van der Waals surface area (Å²) in [6, 6.07) is 7.05. The fraction of sp³-hybridized carbons (Fsp3) is 0.684. The van der Waals surface area contributed by atoms with Crippen molar-refractivity contribution in [1.82, 2.24) is 5.32 Å². The molecular formula is C19H32FN. The van der Waals surface area contributed by atoms with E-state index < -0.39 is 0 Å². The number of nitrogens with one attached hydrogen (secondary N) is 1. The highest BCUT2D eigenvalue weighted by atomic mass is 19.1. The summed E-state index contributed by atoms with van der Waals surface area (Å²) in [7, 11) is 0. The lowest BCUT2D eigenvalue weighted by Crippen LogP contribution is -2.21. The highest BCUT2D eigenvalue weighted by Gasteiger charge is 2.10. The molecule has 0 aliphatic rings. The topological polar surface area (TPSA) is 12.0 Å². The Labute approximate surface area is 130 Å². The fourth-order valence-electron chi connectivity index (χ4n) is 2.79. The van der Waals surface area contributed by atoms with E-state index >= 15 is 0 Å². The van der Waals surface area contributed by atoms with E-state index in [1.807, 2.05) is 12.1 Å². The first kappa shape index (κ1) is 18.2. The summed E-state index contributed by atoms with van der Waals surface area (Å²) in [5, 5.41) is 3.44. The molecule has 1 N–H and O–H groups in total. The van der Waals surface area contributed by atoms with E-state index in [9.17, 15) is 4.39 Å². The van der Waals surface area contributed by atoms with Gasteiger partial charge in [-0.05, 0) is 36.6 Å². The van der Waals surface area contributed by atoms with E-state index in [2.05, 4.69) is 19.2 Å². The molecule has 2 heteroatoms. The molecule has 0 fully saturated rings. The van der Waals surface area contributed by atoms with Gasteiger partial charge >= 0.3 is 0 Å². The van der Waals surface area contributed by atoms with Gasteiger partial charge in [-0.15, -0.1) is 0 Å². The van der Waals surface area contributed by atoms with Gasteiger partial charge in [0.15, 0.2) is 0 Å². The Hall–Kier alpha value is -0.890. The highest BCUT2D eigenvalue weighted by molar-refractivity contribution is 5.20. The van der Waals surface area contributed by atoms with Crippen LogP contribution in [0.15, 0.2) is 24.3 Å². The first-order valence-corrected chi connectivity index (χ1v) is 8.74. The molecule has 1 atom stereocenters. The lowest BCUT2D eigenvalue weighted by atomic mass is 9.92. The molecular weight excluding hydrogens is 261 g/mol. The quantitative estimate of drug-likeness (QED) is 0.490. The summed E-state index contributed by atoms with van der Waals surface area (Å²) in [6.45, 7) is 6.39. The van der Waals surface area contributed by atoms with Crippen LogP contribution in [0, 0.1) is 5.82 Å². The minimum absolute atomic E-state index is 0.142. The molecule has 0 amide bonds. The Kier molecular flexibility index (Phi) is 10.1. The van der Waals surface area contributed by atoms with Crippen LogP contribution < -0.4 is 5.32 Å². The number of hydrogen-bond donors (Lipinski definition) is 1. The van der Waals surface area contributed by atoms with Gasteiger partial charge in [0.05, 0.1) is 0 Å². The standard InChI is InChI=1S/C19H32FN/c1-3-5-6-7-8-9-10-11-18(16-21-4-2)17-12-14-19(20)15-13-17/h12-15,18,21H,3-11,16H2,1-2H3. The van der Waals surface area contributed by atoms with Crippen LogP contribution in [0.1, 0.15) is 76.7 Å².